The van der Waals surface area contributed by atoms with E-state index in [9.17, 15) is 21.6 Å². The highest BCUT2D eigenvalue weighted by Gasteiger charge is 2.41. The number of pyridine rings is 1. The summed E-state index contributed by atoms with van der Waals surface area (Å²) in [5.41, 5.74) is 1.29. The molecule has 0 amide bonds. The van der Waals surface area contributed by atoms with Crippen LogP contribution in [0.15, 0.2) is 47.5 Å². The summed E-state index contributed by atoms with van der Waals surface area (Å²) < 4.78 is 68.8. The van der Waals surface area contributed by atoms with Crippen molar-refractivity contribution >= 4 is 21.2 Å². The first-order chi connectivity index (χ1) is 13.7. The maximum absolute atomic E-state index is 13.5. The summed E-state index contributed by atoms with van der Waals surface area (Å²) >= 11 is 0. The number of aryl methyl sites for hydroxylation is 1. The molecule has 1 saturated heterocycles. The molecule has 154 valence electrons. The summed E-state index contributed by atoms with van der Waals surface area (Å²) in [5.74, 6) is -0.994. The Labute approximate surface area is 166 Å². The van der Waals surface area contributed by atoms with E-state index < -0.39 is 28.1 Å². The van der Waals surface area contributed by atoms with Gasteiger partial charge in [-0.1, -0.05) is 17.7 Å². The van der Waals surface area contributed by atoms with E-state index in [2.05, 4.69) is 9.97 Å². The lowest BCUT2D eigenvalue weighted by atomic mass is 10.1. The van der Waals surface area contributed by atoms with Crippen molar-refractivity contribution in [2.45, 2.75) is 36.9 Å². The van der Waals surface area contributed by atoms with Gasteiger partial charge in [-0.05, 0) is 44.0 Å². The first kappa shape index (κ1) is 19.8. The Bertz CT molecular complexity index is 1130. The predicted octanol–water partition coefficient (Wildman–Crippen LogP) is 3.78. The number of sulfonamides is 1. The topological polar surface area (TPSA) is 68.1 Å². The zero-order valence-electron chi connectivity index (χ0n) is 15.6. The zero-order valence-corrected chi connectivity index (χ0v) is 16.4. The minimum atomic E-state index is -4.62. The van der Waals surface area contributed by atoms with Crippen LogP contribution in [0.25, 0.3) is 11.2 Å². The Morgan fingerprint density at radius 3 is 2.34 bits per heavy atom. The molecule has 0 atom stereocenters. The van der Waals surface area contributed by atoms with Gasteiger partial charge in [0.2, 0.25) is 15.8 Å². The van der Waals surface area contributed by atoms with Gasteiger partial charge < -0.3 is 4.57 Å². The quantitative estimate of drug-likeness (QED) is 0.642. The number of imidazole rings is 1. The number of fused-ring (bicyclic) bond motifs is 1. The zero-order chi connectivity index (χ0) is 20.8. The van der Waals surface area contributed by atoms with Crippen molar-refractivity contribution < 1.29 is 21.6 Å². The second-order valence-electron chi connectivity index (χ2n) is 7.10. The molecular weight excluding hydrogens is 405 g/mol. The van der Waals surface area contributed by atoms with E-state index >= 15 is 0 Å². The van der Waals surface area contributed by atoms with Gasteiger partial charge >= 0.3 is 6.18 Å². The van der Waals surface area contributed by atoms with E-state index in [1.165, 1.54) is 22.6 Å². The van der Waals surface area contributed by atoms with Crippen LogP contribution >= 0.6 is 0 Å². The molecule has 10 heteroatoms. The highest BCUT2D eigenvalue weighted by Crippen LogP contribution is 2.36. The van der Waals surface area contributed by atoms with Gasteiger partial charge in [0.25, 0.3) is 0 Å². The lowest BCUT2D eigenvalue weighted by Gasteiger charge is -2.32. The van der Waals surface area contributed by atoms with Crippen LogP contribution < -0.4 is 0 Å². The number of aromatic nitrogens is 3. The number of halogens is 3. The smallest absolute Gasteiger partial charge is 0.302 e. The number of alkyl halides is 3. The van der Waals surface area contributed by atoms with Crippen LogP contribution in [0.4, 0.5) is 13.2 Å². The molecule has 0 radical (unpaired) electrons. The number of rotatable bonds is 3. The van der Waals surface area contributed by atoms with Gasteiger partial charge in [0.1, 0.15) is 5.52 Å². The standard InChI is InChI=1S/C19H19F3N4O2S/c1-13-4-6-15(7-5-13)29(27,28)25-11-8-14(9-12-25)26-17-16(3-2-10-23-17)24-18(26)19(20,21)22/h2-7,10,14H,8-9,11-12H2,1H3. The second-order valence-corrected chi connectivity index (χ2v) is 9.04. The number of piperidine rings is 1. The summed E-state index contributed by atoms with van der Waals surface area (Å²) in [6.07, 6.45) is -2.70. The predicted molar refractivity (Wildman–Crippen MR) is 101 cm³/mol. The fourth-order valence-corrected chi connectivity index (χ4v) is 5.15. The summed E-state index contributed by atoms with van der Waals surface area (Å²) in [7, 11) is -3.68. The molecule has 29 heavy (non-hydrogen) atoms. The van der Waals surface area contributed by atoms with Crippen LogP contribution in [-0.4, -0.2) is 40.3 Å². The van der Waals surface area contributed by atoms with E-state index in [-0.39, 0.29) is 42.0 Å². The normalized spacial score (nSPS) is 17.1. The minimum Gasteiger partial charge on any atom is -0.302 e. The molecule has 4 rings (SSSR count). The van der Waals surface area contributed by atoms with Crippen molar-refractivity contribution in [1.82, 2.24) is 18.8 Å². The monoisotopic (exact) mass is 424 g/mol. The Morgan fingerprint density at radius 1 is 1.07 bits per heavy atom. The molecule has 2 aromatic heterocycles. The van der Waals surface area contributed by atoms with Crippen LogP contribution in [0.3, 0.4) is 0 Å². The van der Waals surface area contributed by atoms with E-state index in [4.69, 9.17) is 0 Å². The number of hydrogen-bond acceptors (Lipinski definition) is 4. The third-order valence-electron chi connectivity index (χ3n) is 5.15. The molecule has 1 fully saturated rings. The van der Waals surface area contributed by atoms with Gasteiger partial charge in [0.05, 0.1) is 4.90 Å². The van der Waals surface area contributed by atoms with Gasteiger partial charge in [-0.2, -0.15) is 17.5 Å². The number of nitrogens with zero attached hydrogens (tertiary/aromatic N) is 4. The molecule has 0 N–H and O–H groups in total. The molecule has 0 aliphatic carbocycles. The van der Waals surface area contributed by atoms with Crippen molar-refractivity contribution in [3.05, 3.63) is 54.0 Å². The van der Waals surface area contributed by atoms with Crippen molar-refractivity contribution in [1.29, 1.82) is 0 Å². The molecule has 3 aromatic rings. The van der Waals surface area contributed by atoms with E-state index in [1.54, 1.807) is 24.3 Å². The minimum absolute atomic E-state index is 0.130. The number of benzene rings is 1. The third kappa shape index (κ3) is 3.62. The molecule has 0 spiro atoms. The van der Waals surface area contributed by atoms with E-state index in [1.807, 2.05) is 6.92 Å². The van der Waals surface area contributed by atoms with Gasteiger partial charge in [-0.25, -0.2) is 18.4 Å². The van der Waals surface area contributed by atoms with Crippen molar-refractivity contribution in [3.63, 3.8) is 0 Å². The SMILES string of the molecule is Cc1ccc(S(=O)(=O)N2CCC(n3c(C(F)(F)F)nc4cccnc43)CC2)cc1. The lowest BCUT2D eigenvalue weighted by Crippen LogP contribution is -2.39. The average molecular weight is 424 g/mol. The van der Waals surface area contributed by atoms with Crippen LogP contribution in [-0.2, 0) is 16.2 Å². The second kappa shape index (κ2) is 7.10. The maximum atomic E-state index is 13.5. The fraction of sp³-hybridized carbons (Fsp3) is 0.368. The molecule has 0 bridgehead atoms. The first-order valence-corrected chi connectivity index (χ1v) is 10.6. The summed E-state index contributed by atoms with van der Waals surface area (Å²) in [5, 5.41) is 0. The number of hydrogen-bond donors (Lipinski definition) is 0. The van der Waals surface area contributed by atoms with Crippen molar-refractivity contribution in [3.8, 4) is 0 Å². The summed E-state index contributed by atoms with van der Waals surface area (Å²) in [4.78, 5) is 8.00. The summed E-state index contributed by atoms with van der Waals surface area (Å²) in [6, 6.07) is 9.03. The Balaban J connectivity index is 1.61. The molecule has 1 aromatic carbocycles. The van der Waals surface area contributed by atoms with Gasteiger partial charge in [-0.15, -0.1) is 0 Å². The molecular formula is C19H19F3N4O2S. The first-order valence-electron chi connectivity index (χ1n) is 9.15. The van der Waals surface area contributed by atoms with Gasteiger partial charge in [0.15, 0.2) is 5.65 Å². The van der Waals surface area contributed by atoms with Gasteiger partial charge in [-0.3, -0.25) is 0 Å². The van der Waals surface area contributed by atoms with Crippen LogP contribution in [0.1, 0.15) is 30.3 Å². The van der Waals surface area contributed by atoms with E-state index in [0.29, 0.717) is 0 Å². The molecule has 0 unspecified atom stereocenters. The molecule has 6 nitrogen and oxygen atoms in total. The maximum Gasteiger partial charge on any atom is 0.449 e. The summed E-state index contributed by atoms with van der Waals surface area (Å²) in [6.45, 7) is 2.12. The fourth-order valence-electron chi connectivity index (χ4n) is 3.68. The Hall–Kier alpha value is -2.46. The Morgan fingerprint density at radius 2 is 1.72 bits per heavy atom. The van der Waals surface area contributed by atoms with Crippen LogP contribution in [0, 0.1) is 6.92 Å². The molecule has 3 heterocycles. The largest absolute Gasteiger partial charge is 0.449 e. The lowest BCUT2D eigenvalue weighted by molar-refractivity contribution is -0.147. The highest BCUT2D eigenvalue weighted by atomic mass is 32.2. The average Bonchev–Trinajstić information content (AvgIpc) is 3.08. The molecule has 1 aliphatic rings. The van der Waals surface area contributed by atoms with Crippen molar-refractivity contribution in [2.75, 3.05) is 13.1 Å². The van der Waals surface area contributed by atoms with Crippen LogP contribution in [0.2, 0.25) is 0 Å². The molecule has 1 aliphatic heterocycles. The Kier molecular flexibility index (Phi) is 4.86. The third-order valence-corrected chi connectivity index (χ3v) is 7.06. The molecule has 0 saturated carbocycles. The van der Waals surface area contributed by atoms with Crippen molar-refractivity contribution in [2.24, 2.45) is 0 Å². The van der Waals surface area contributed by atoms with Crippen LogP contribution in [0.5, 0.6) is 0 Å². The van der Waals surface area contributed by atoms with E-state index in [0.717, 1.165) is 10.1 Å². The van der Waals surface area contributed by atoms with Gasteiger partial charge in [0, 0.05) is 25.3 Å². The highest BCUT2D eigenvalue weighted by molar-refractivity contribution is 7.89.